The first-order valence-corrected chi connectivity index (χ1v) is 12.5. The van der Waals surface area contributed by atoms with Gasteiger partial charge in [-0.25, -0.2) is 4.79 Å². The van der Waals surface area contributed by atoms with Gasteiger partial charge in [-0.15, -0.1) is 0 Å². The Kier molecular flexibility index (Phi) is 6.50. The van der Waals surface area contributed by atoms with Gasteiger partial charge in [-0.3, -0.25) is 9.59 Å². The Hall–Kier alpha value is -3.35. The number of hydrogen-bond donors (Lipinski definition) is 2. The van der Waals surface area contributed by atoms with Gasteiger partial charge in [0.1, 0.15) is 6.61 Å². The molecule has 3 unspecified atom stereocenters. The van der Waals surface area contributed by atoms with Gasteiger partial charge >= 0.3 is 12.1 Å². The number of benzene rings is 2. The van der Waals surface area contributed by atoms with E-state index in [1.165, 1.54) is 11.1 Å². The Morgan fingerprint density at radius 3 is 2.26 bits per heavy atom. The molecule has 0 radical (unpaired) electrons. The summed E-state index contributed by atoms with van der Waals surface area (Å²) >= 11 is 0. The highest BCUT2D eigenvalue weighted by atomic mass is 16.5. The molecule has 1 aliphatic heterocycles. The zero-order valence-electron chi connectivity index (χ0n) is 20.0. The van der Waals surface area contributed by atoms with Gasteiger partial charge in [0.05, 0.1) is 6.42 Å². The smallest absolute Gasteiger partial charge is 0.407 e. The molecule has 0 bridgehead atoms. The molecular formula is C28H32N2O5. The quantitative estimate of drug-likeness (QED) is 0.593. The minimum Gasteiger partial charge on any atom is -0.481 e. The second-order valence-corrected chi connectivity index (χ2v) is 10.3. The molecule has 1 saturated heterocycles. The molecule has 7 nitrogen and oxygen atoms in total. The van der Waals surface area contributed by atoms with Gasteiger partial charge in [-0.2, -0.15) is 0 Å². The van der Waals surface area contributed by atoms with Crippen LogP contribution >= 0.6 is 0 Å². The summed E-state index contributed by atoms with van der Waals surface area (Å²) in [5.41, 5.74) is 4.68. The second kappa shape index (κ2) is 9.72. The molecular weight excluding hydrogens is 444 g/mol. The number of nitrogens with one attached hydrogen (secondary N) is 1. The van der Waals surface area contributed by atoms with Crippen LogP contribution in [0.15, 0.2) is 48.5 Å². The number of hydrogen-bond acceptors (Lipinski definition) is 4. The van der Waals surface area contributed by atoms with E-state index in [1.54, 1.807) is 4.90 Å². The highest BCUT2D eigenvalue weighted by molar-refractivity contribution is 5.80. The maximum Gasteiger partial charge on any atom is 0.407 e. The standard InChI is InChI=1S/C28H32N2O5/c1-17-14-30(15-19(17)12-27(32)33)26(31)13-25(18-10-11-18)29-28(34)35-16-24-22-8-4-2-6-20(22)21-7-3-5-9-23(21)24/h2-9,17-19,24-25H,10-16H2,1H3,(H,29,34)(H,32,33). The Balaban J connectivity index is 1.18. The van der Waals surface area contributed by atoms with E-state index in [4.69, 9.17) is 9.84 Å². The van der Waals surface area contributed by atoms with Crippen LogP contribution in [0, 0.1) is 17.8 Å². The second-order valence-electron chi connectivity index (χ2n) is 10.3. The minimum absolute atomic E-state index is 0.00795. The summed E-state index contributed by atoms with van der Waals surface area (Å²) in [6.07, 6.45) is 1.78. The van der Waals surface area contributed by atoms with Crippen LogP contribution in [0.25, 0.3) is 11.1 Å². The van der Waals surface area contributed by atoms with Crippen LogP contribution in [0.3, 0.4) is 0 Å². The number of nitrogens with zero attached hydrogens (tertiary/aromatic N) is 1. The molecule has 35 heavy (non-hydrogen) atoms. The fourth-order valence-electron chi connectivity index (χ4n) is 5.67. The Morgan fingerprint density at radius 1 is 1.03 bits per heavy atom. The van der Waals surface area contributed by atoms with Crippen molar-refractivity contribution < 1.29 is 24.2 Å². The Bertz CT molecular complexity index is 1080. The average molecular weight is 477 g/mol. The van der Waals surface area contributed by atoms with E-state index in [9.17, 15) is 14.4 Å². The average Bonchev–Trinajstić information content (AvgIpc) is 3.56. The van der Waals surface area contributed by atoms with Crippen LogP contribution in [0.5, 0.6) is 0 Å². The van der Waals surface area contributed by atoms with Gasteiger partial charge < -0.3 is 20.1 Å². The number of amides is 2. The number of aliphatic carboxylic acids is 1. The van der Waals surface area contributed by atoms with E-state index in [0.29, 0.717) is 13.1 Å². The molecule has 2 aromatic carbocycles. The third-order valence-corrected chi connectivity index (χ3v) is 7.79. The van der Waals surface area contributed by atoms with Gasteiger partial charge in [0.25, 0.3) is 0 Å². The van der Waals surface area contributed by atoms with Crippen molar-refractivity contribution in [3.8, 4) is 11.1 Å². The van der Waals surface area contributed by atoms with E-state index in [-0.39, 0.29) is 55.1 Å². The van der Waals surface area contributed by atoms with E-state index < -0.39 is 12.1 Å². The zero-order chi connectivity index (χ0) is 24.5. The fourth-order valence-corrected chi connectivity index (χ4v) is 5.67. The van der Waals surface area contributed by atoms with E-state index >= 15 is 0 Å². The number of rotatable bonds is 8. The van der Waals surface area contributed by atoms with Crippen LogP contribution in [0.4, 0.5) is 4.79 Å². The van der Waals surface area contributed by atoms with Crippen LogP contribution in [-0.2, 0) is 14.3 Å². The van der Waals surface area contributed by atoms with Crippen molar-refractivity contribution in [1.29, 1.82) is 0 Å². The summed E-state index contributed by atoms with van der Waals surface area (Å²) in [6, 6.07) is 16.2. The molecule has 1 saturated carbocycles. The molecule has 2 aromatic rings. The highest BCUT2D eigenvalue weighted by Gasteiger charge is 2.38. The molecule has 7 heteroatoms. The van der Waals surface area contributed by atoms with Crippen molar-refractivity contribution in [3.05, 3.63) is 59.7 Å². The van der Waals surface area contributed by atoms with Gasteiger partial charge in [0.2, 0.25) is 5.91 Å². The molecule has 3 atom stereocenters. The van der Waals surface area contributed by atoms with Gasteiger partial charge in [0, 0.05) is 31.5 Å². The molecule has 184 valence electrons. The summed E-state index contributed by atoms with van der Waals surface area (Å²) in [6.45, 7) is 3.27. The first-order chi connectivity index (χ1) is 16.9. The first-order valence-electron chi connectivity index (χ1n) is 12.5. The molecule has 2 aliphatic carbocycles. The van der Waals surface area contributed by atoms with E-state index in [0.717, 1.165) is 24.0 Å². The number of carbonyl (C=O) groups is 3. The van der Waals surface area contributed by atoms with E-state index in [1.807, 2.05) is 31.2 Å². The first kappa shape index (κ1) is 23.4. The van der Waals surface area contributed by atoms with Crippen molar-refractivity contribution >= 4 is 18.0 Å². The predicted molar refractivity (Wildman–Crippen MR) is 131 cm³/mol. The van der Waals surface area contributed by atoms with Crippen molar-refractivity contribution in [2.24, 2.45) is 17.8 Å². The lowest BCUT2D eigenvalue weighted by atomic mass is 9.95. The summed E-state index contributed by atoms with van der Waals surface area (Å²) in [5.74, 6) is -0.444. The minimum atomic E-state index is -0.830. The Labute approximate surface area is 205 Å². The third-order valence-electron chi connectivity index (χ3n) is 7.79. The predicted octanol–water partition coefficient (Wildman–Crippen LogP) is 4.26. The van der Waals surface area contributed by atoms with Crippen LogP contribution < -0.4 is 5.32 Å². The normalized spacial score (nSPS) is 21.8. The molecule has 0 aromatic heterocycles. The number of alkyl carbamates (subject to hydrolysis) is 1. The van der Waals surface area contributed by atoms with Crippen molar-refractivity contribution in [2.75, 3.05) is 19.7 Å². The molecule has 2 fully saturated rings. The summed E-state index contributed by atoms with van der Waals surface area (Å²) in [4.78, 5) is 38.6. The lowest BCUT2D eigenvalue weighted by Crippen LogP contribution is -2.42. The van der Waals surface area contributed by atoms with Crippen LogP contribution in [-0.4, -0.2) is 53.7 Å². The van der Waals surface area contributed by atoms with Crippen molar-refractivity contribution in [1.82, 2.24) is 10.2 Å². The fraction of sp³-hybridized carbons (Fsp3) is 0.464. The summed E-state index contributed by atoms with van der Waals surface area (Å²) in [7, 11) is 0. The monoisotopic (exact) mass is 476 g/mol. The molecule has 2 N–H and O–H groups in total. The van der Waals surface area contributed by atoms with Crippen LogP contribution in [0.1, 0.15) is 49.7 Å². The molecule has 0 spiro atoms. The molecule has 5 rings (SSSR count). The SMILES string of the molecule is CC1CN(C(=O)CC(NC(=O)OCC2c3ccccc3-c3ccccc32)C2CC2)CC1CC(=O)O. The van der Waals surface area contributed by atoms with Crippen molar-refractivity contribution in [2.45, 2.75) is 44.6 Å². The summed E-state index contributed by atoms with van der Waals surface area (Å²) in [5, 5.41) is 12.1. The largest absolute Gasteiger partial charge is 0.481 e. The van der Waals surface area contributed by atoms with E-state index in [2.05, 4.69) is 29.6 Å². The number of carbonyl (C=O) groups excluding carboxylic acids is 2. The number of likely N-dealkylation sites (tertiary alicyclic amines) is 1. The number of fused-ring (bicyclic) bond motifs is 3. The lowest BCUT2D eigenvalue weighted by molar-refractivity contribution is -0.138. The van der Waals surface area contributed by atoms with Gasteiger partial charge in [0.15, 0.2) is 0 Å². The van der Waals surface area contributed by atoms with Crippen LogP contribution in [0.2, 0.25) is 0 Å². The maximum absolute atomic E-state index is 13.0. The molecule has 2 amide bonds. The van der Waals surface area contributed by atoms with Crippen molar-refractivity contribution in [3.63, 3.8) is 0 Å². The zero-order valence-corrected chi connectivity index (χ0v) is 20.0. The number of ether oxygens (including phenoxy) is 1. The van der Waals surface area contributed by atoms with Gasteiger partial charge in [-0.1, -0.05) is 55.5 Å². The van der Waals surface area contributed by atoms with Gasteiger partial charge in [-0.05, 0) is 52.8 Å². The molecule has 3 aliphatic rings. The number of carboxylic acids is 1. The topological polar surface area (TPSA) is 95.9 Å². The lowest BCUT2D eigenvalue weighted by Gasteiger charge is -2.23. The molecule has 1 heterocycles. The highest BCUT2D eigenvalue weighted by Crippen LogP contribution is 2.44. The number of carboxylic acid groups (broad SMARTS) is 1. The third kappa shape index (κ3) is 5.04. The maximum atomic E-state index is 13.0. The summed E-state index contributed by atoms with van der Waals surface area (Å²) < 4.78 is 5.69. The Morgan fingerprint density at radius 2 is 1.66 bits per heavy atom.